The van der Waals surface area contributed by atoms with Crippen LogP contribution in [0, 0.1) is 0 Å². The zero-order valence-corrected chi connectivity index (χ0v) is 8.68. The maximum absolute atomic E-state index is 13.7. The van der Waals surface area contributed by atoms with Crippen LogP contribution in [0.4, 0.5) is 4.39 Å². The largest absolute Gasteiger partial charge is 0.480 e. The quantitative estimate of drug-likeness (QED) is 0.656. The number of hydrogen-bond donors (Lipinski definition) is 2. The second kappa shape index (κ2) is 4.82. The minimum Gasteiger partial charge on any atom is -0.480 e. The first kappa shape index (κ1) is 12.3. The molecule has 0 aromatic carbocycles. The normalized spacial score (nSPS) is 24.4. The Labute approximate surface area is 91.3 Å². The molecule has 0 aliphatic carbocycles. The van der Waals surface area contributed by atoms with Gasteiger partial charge in [0.1, 0.15) is 12.4 Å². The van der Waals surface area contributed by atoms with Crippen LogP contribution in [0.25, 0.3) is 0 Å². The van der Waals surface area contributed by atoms with Gasteiger partial charge in [0.2, 0.25) is 11.7 Å². The van der Waals surface area contributed by atoms with Gasteiger partial charge in [-0.2, -0.15) is 0 Å². The first-order valence-electron chi connectivity index (χ1n) is 4.76. The second-order valence-electron chi connectivity index (χ2n) is 3.36. The van der Waals surface area contributed by atoms with Crippen molar-refractivity contribution >= 4 is 24.4 Å². The summed E-state index contributed by atoms with van der Waals surface area (Å²) >= 11 is 0. The summed E-state index contributed by atoms with van der Waals surface area (Å²) in [6.07, 6.45) is 1.61. The number of hydrogen-bond acceptors (Lipinski definition) is 4. The first-order valence-corrected chi connectivity index (χ1v) is 4.76. The van der Waals surface area contributed by atoms with Crippen LogP contribution in [0.1, 0.15) is 19.8 Å². The molecule has 0 bridgehead atoms. The second-order valence-corrected chi connectivity index (χ2v) is 3.36. The number of carboxylic acid groups (broad SMARTS) is 1. The van der Waals surface area contributed by atoms with E-state index in [0.717, 1.165) is 12.6 Å². The number of aliphatic imine (C=N–C) groups is 2. The highest BCUT2D eigenvalue weighted by atomic mass is 19.1. The molecule has 1 heterocycles. The van der Waals surface area contributed by atoms with Crippen molar-refractivity contribution < 1.29 is 19.1 Å². The molecular weight excluding hydrogens is 217 g/mol. The fraction of sp³-hybridized carbons (Fsp3) is 0.556. The van der Waals surface area contributed by atoms with Crippen LogP contribution in [0.5, 0.6) is 0 Å². The average Bonchev–Trinajstić information content (AvgIpc) is 2.63. The van der Waals surface area contributed by atoms with Crippen LogP contribution in [0.3, 0.4) is 0 Å². The zero-order chi connectivity index (χ0) is 12.2. The maximum Gasteiger partial charge on any atom is 0.326 e. The Bertz CT molecular complexity index is 342. The van der Waals surface area contributed by atoms with E-state index in [1.165, 1.54) is 0 Å². The maximum atomic E-state index is 13.7. The van der Waals surface area contributed by atoms with Gasteiger partial charge >= 0.3 is 5.97 Å². The highest BCUT2D eigenvalue weighted by Crippen LogP contribution is 2.20. The molecule has 0 saturated heterocycles. The van der Waals surface area contributed by atoms with Gasteiger partial charge in [-0.25, -0.2) is 19.2 Å². The Kier molecular flexibility index (Phi) is 3.70. The van der Waals surface area contributed by atoms with E-state index in [-0.39, 0.29) is 6.42 Å². The van der Waals surface area contributed by atoms with Gasteiger partial charge in [0, 0.05) is 12.8 Å². The number of alkyl halides is 1. The smallest absolute Gasteiger partial charge is 0.326 e. The SMILES string of the molecule is CCC(=O)NC(CC1(F)C=NC=N1)C(=O)O. The molecular formula is C9H12FN3O3. The summed E-state index contributed by atoms with van der Waals surface area (Å²) in [5.74, 6) is -3.88. The lowest BCUT2D eigenvalue weighted by Gasteiger charge is -2.19. The fourth-order valence-corrected chi connectivity index (χ4v) is 1.20. The van der Waals surface area contributed by atoms with Crippen molar-refractivity contribution in [2.24, 2.45) is 9.98 Å². The van der Waals surface area contributed by atoms with E-state index < -0.39 is 30.1 Å². The first-order chi connectivity index (χ1) is 7.47. The van der Waals surface area contributed by atoms with Crippen LogP contribution in [0.15, 0.2) is 9.98 Å². The molecule has 1 amide bonds. The van der Waals surface area contributed by atoms with Crippen molar-refractivity contribution in [1.29, 1.82) is 0 Å². The van der Waals surface area contributed by atoms with E-state index in [1.807, 2.05) is 0 Å². The summed E-state index contributed by atoms with van der Waals surface area (Å²) in [5, 5.41) is 11.0. The molecule has 88 valence electrons. The van der Waals surface area contributed by atoms with Crippen molar-refractivity contribution in [3.05, 3.63) is 0 Å². The van der Waals surface area contributed by atoms with Crippen molar-refractivity contribution in [3.8, 4) is 0 Å². The molecule has 16 heavy (non-hydrogen) atoms. The number of amides is 1. The minimum atomic E-state index is -2.13. The molecule has 2 unspecified atom stereocenters. The predicted octanol–water partition coefficient (Wildman–Crippen LogP) is 0.134. The van der Waals surface area contributed by atoms with Crippen molar-refractivity contribution in [1.82, 2.24) is 5.32 Å². The summed E-state index contributed by atoms with van der Waals surface area (Å²) in [6, 6.07) is -1.31. The van der Waals surface area contributed by atoms with Gasteiger partial charge in [-0.1, -0.05) is 6.92 Å². The molecule has 7 heteroatoms. The third kappa shape index (κ3) is 3.11. The molecule has 0 aromatic heterocycles. The Morgan fingerprint density at radius 1 is 1.62 bits per heavy atom. The topological polar surface area (TPSA) is 91.1 Å². The van der Waals surface area contributed by atoms with Crippen LogP contribution in [0.2, 0.25) is 0 Å². The van der Waals surface area contributed by atoms with Crippen LogP contribution in [-0.2, 0) is 9.59 Å². The molecule has 6 nitrogen and oxygen atoms in total. The molecule has 0 spiro atoms. The number of rotatable bonds is 5. The highest BCUT2D eigenvalue weighted by molar-refractivity contribution is 5.87. The number of halogens is 1. The summed E-state index contributed by atoms with van der Waals surface area (Å²) in [7, 11) is 0. The third-order valence-corrected chi connectivity index (χ3v) is 2.06. The van der Waals surface area contributed by atoms with Gasteiger partial charge in [-0.15, -0.1) is 0 Å². The molecule has 2 N–H and O–H groups in total. The van der Waals surface area contributed by atoms with Gasteiger partial charge < -0.3 is 10.4 Å². The summed E-state index contributed by atoms with van der Waals surface area (Å²) in [6.45, 7) is 1.58. The molecule has 1 rings (SSSR count). The highest BCUT2D eigenvalue weighted by Gasteiger charge is 2.35. The predicted molar refractivity (Wildman–Crippen MR) is 55.3 cm³/mol. The number of aliphatic carboxylic acids is 1. The Hall–Kier alpha value is -1.79. The summed E-state index contributed by atoms with van der Waals surface area (Å²) in [5.41, 5.74) is 0. The molecule has 2 atom stereocenters. The van der Waals surface area contributed by atoms with Crippen LogP contribution in [-0.4, -0.2) is 41.4 Å². The summed E-state index contributed by atoms with van der Waals surface area (Å²) in [4.78, 5) is 28.7. The van der Waals surface area contributed by atoms with E-state index >= 15 is 0 Å². The Balaban J connectivity index is 2.65. The lowest BCUT2D eigenvalue weighted by atomic mass is 10.1. The Morgan fingerprint density at radius 2 is 2.31 bits per heavy atom. The fourth-order valence-electron chi connectivity index (χ4n) is 1.20. The number of carbonyl (C=O) groups is 2. The third-order valence-electron chi connectivity index (χ3n) is 2.06. The van der Waals surface area contributed by atoms with E-state index in [1.54, 1.807) is 6.92 Å². The molecule has 0 radical (unpaired) electrons. The number of nitrogens with zero attached hydrogens (tertiary/aromatic N) is 2. The molecule has 1 aliphatic heterocycles. The van der Waals surface area contributed by atoms with Gasteiger partial charge in [-0.05, 0) is 0 Å². The summed E-state index contributed by atoms with van der Waals surface area (Å²) < 4.78 is 13.7. The van der Waals surface area contributed by atoms with Crippen molar-refractivity contribution in [2.75, 3.05) is 0 Å². The standard InChI is InChI=1S/C9H12FN3O3/c1-2-7(14)13-6(8(15)16)3-9(10)4-11-5-12-9/h4-6H,2-3H2,1H3,(H,13,14)(H,15,16). The lowest BCUT2D eigenvalue weighted by molar-refractivity contribution is -0.142. The molecule has 0 aromatic rings. The van der Waals surface area contributed by atoms with E-state index in [0.29, 0.717) is 0 Å². The van der Waals surface area contributed by atoms with Gasteiger partial charge in [0.15, 0.2) is 0 Å². The van der Waals surface area contributed by atoms with Gasteiger partial charge in [0.05, 0.1) is 6.21 Å². The minimum absolute atomic E-state index is 0.139. The van der Waals surface area contributed by atoms with E-state index in [4.69, 9.17) is 5.11 Å². The van der Waals surface area contributed by atoms with E-state index in [9.17, 15) is 14.0 Å². The number of nitrogens with one attached hydrogen (secondary N) is 1. The Morgan fingerprint density at radius 3 is 2.75 bits per heavy atom. The van der Waals surface area contributed by atoms with Crippen LogP contribution < -0.4 is 5.32 Å². The zero-order valence-electron chi connectivity index (χ0n) is 8.68. The molecule has 1 aliphatic rings. The number of carbonyl (C=O) groups excluding carboxylic acids is 1. The van der Waals surface area contributed by atoms with Gasteiger partial charge in [0.25, 0.3) is 0 Å². The van der Waals surface area contributed by atoms with Crippen molar-refractivity contribution in [2.45, 2.75) is 31.6 Å². The van der Waals surface area contributed by atoms with Crippen molar-refractivity contribution in [3.63, 3.8) is 0 Å². The lowest BCUT2D eigenvalue weighted by Crippen LogP contribution is -2.44. The van der Waals surface area contributed by atoms with Crippen LogP contribution >= 0.6 is 0 Å². The van der Waals surface area contributed by atoms with Gasteiger partial charge in [-0.3, -0.25) is 4.79 Å². The average molecular weight is 229 g/mol. The molecule has 0 fully saturated rings. The van der Waals surface area contributed by atoms with E-state index in [2.05, 4.69) is 15.3 Å². The monoisotopic (exact) mass is 229 g/mol. The number of carboxylic acids is 1. The molecule has 0 saturated carbocycles.